The maximum atomic E-state index is 13.8. The third kappa shape index (κ3) is 3.79. The molecule has 5 heteroatoms. The van der Waals surface area contributed by atoms with Gasteiger partial charge in [-0.15, -0.1) is 0 Å². The Morgan fingerprint density at radius 2 is 1.90 bits per heavy atom. The van der Waals surface area contributed by atoms with Crippen LogP contribution >= 0.6 is 0 Å². The molecule has 0 heterocycles. The number of Topliss-reactive ketones (excluding diaryl/α,β-unsaturated/α-hetero) is 1. The normalized spacial score (nSPS) is 11.8. The Kier molecular flexibility index (Phi) is 5.67. The molecule has 0 N–H and O–H groups in total. The van der Waals surface area contributed by atoms with Crippen molar-refractivity contribution >= 4 is 11.7 Å². The first-order valence-electron chi connectivity index (χ1n) is 6.66. The highest BCUT2D eigenvalue weighted by atomic mass is 19.1. The number of carbonyl (C=O) groups is 2. The molecule has 1 aromatic carbocycles. The van der Waals surface area contributed by atoms with Crippen molar-refractivity contribution in [3.05, 3.63) is 29.6 Å². The topological polar surface area (TPSA) is 46.6 Å². The first-order chi connectivity index (χ1) is 9.40. The second-order valence-electron chi connectivity index (χ2n) is 4.47. The van der Waals surface area contributed by atoms with Crippen LogP contribution in [0.3, 0.4) is 0 Å². The highest BCUT2D eigenvalue weighted by molar-refractivity contribution is 5.94. The molecule has 20 heavy (non-hydrogen) atoms. The van der Waals surface area contributed by atoms with E-state index in [1.54, 1.807) is 11.8 Å². The molecule has 0 aromatic heterocycles. The minimum Gasteiger partial charge on any atom is -0.478 e. The van der Waals surface area contributed by atoms with Gasteiger partial charge in [-0.1, -0.05) is 0 Å². The van der Waals surface area contributed by atoms with Crippen molar-refractivity contribution < 1.29 is 18.7 Å². The smallest absolute Gasteiger partial charge is 0.263 e. The summed E-state index contributed by atoms with van der Waals surface area (Å²) in [5, 5.41) is 0. The summed E-state index contributed by atoms with van der Waals surface area (Å²) in [6.07, 6.45) is -0.771. The molecule has 1 rings (SSSR count). The van der Waals surface area contributed by atoms with Crippen LogP contribution in [0.5, 0.6) is 5.75 Å². The van der Waals surface area contributed by atoms with Crippen LogP contribution in [-0.4, -0.2) is 35.8 Å². The number of nitrogens with zero attached hydrogens (tertiary/aromatic N) is 1. The predicted octanol–water partition coefficient (Wildman–Crippen LogP) is 2.66. The molecule has 110 valence electrons. The molecule has 0 saturated carbocycles. The van der Waals surface area contributed by atoms with Gasteiger partial charge in [0.25, 0.3) is 5.91 Å². The van der Waals surface area contributed by atoms with Crippen LogP contribution in [0.25, 0.3) is 0 Å². The Bertz CT molecular complexity index is 498. The molecule has 0 aliphatic rings. The fraction of sp³-hybridized carbons (Fsp3) is 0.467. The van der Waals surface area contributed by atoms with E-state index in [-0.39, 0.29) is 23.0 Å². The summed E-state index contributed by atoms with van der Waals surface area (Å²) in [7, 11) is 0. The zero-order chi connectivity index (χ0) is 15.3. The summed E-state index contributed by atoms with van der Waals surface area (Å²) in [5.74, 6) is -1.08. The van der Waals surface area contributed by atoms with Crippen LogP contribution in [0.2, 0.25) is 0 Å². The summed E-state index contributed by atoms with van der Waals surface area (Å²) in [6.45, 7) is 7.84. The van der Waals surface area contributed by atoms with Crippen molar-refractivity contribution in [3.63, 3.8) is 0 Å². The van der Waals surface area contributed by atoms with Gasteiger partial charge in [-0.3, -0.25) is 9.59 Å². The lowest BCUT2D eigenvalue weighted by Gasteiger charge is -2.23. The average Bonchev–Trinajstić information content (AvgIpc) is 2.41. The lowest BCUT2D eigenvalue weighted by atomic mass is 10.1. The van der Waals surface area contributed by atoms with Crippen LogP contribution in [0, 0.1) is 5.82 Å². The maximum absolute atomic E-state index is 13.8. The molecular formula is C15H20FNO3. The molecule has 0 aliphatic carbocycles. The van der Waals surface area contributed by atoms with Crippen molar-refractivity contribution in [1.29, 1.82) is 0 Å². The van der Waals surface area contributed by atoms with Gasteiger partial charge in [-0.05, 0) is 45.9 Å². The number of rotatable bonds is 6. The first-order valence-corrected chi connectivity index (χ1v) is 6.66. The second-order valence-corrected chi connectivity index (χ2v) is 4.47. The summed E-state index contributed by atoms with van der Waals surface area (Å²) >= 11 is 0. The zero-order valence-electron chi connectivity index (χ0n) is 12.3. The number of hydrogen-bond donors (Lipinski definition) is 0. The van der Waals surface area contributed by atoms with E-state index in [2.05, 4.69) is 0 Å². The average molecular weight is 281 g/mol. The molecule has 0 bridgehead atoms. The van der Waals surface area contributed by atoms with E-state index >= 15 is 0 Å². The molecule has 0 saturated heterocycles. The van der Waals surface area contributed by atoms with Gasteiger partial charge < -0.3 is 9.64 Å². The number of carbonyl (C=O) groups excluding carboxylic acids is 2. The molecule has 1 atom stereocenters. The Morgan fingerprint density at radius 1 is 1.30 bits per heavy atom. The summed E-state index contributed by atoms with van der Waals surface area (Å²) in [6, 6.07) is 3.97. The standard InChI is InChI=1S/C15H20FNO3/c1-5-17(6-2)15(19)11(4)20-14-8-7-12(10(3)18)9-13(14)16/h7-9,11H,5-6H2,1-4H3. The van der Waals surface area contributed by atoms with Gasteiger partial charge in [0.05, 0.1) is 0 Å². The zero-order valence-corrected chi connectivity index (χ0v) is 12.3. The van der Waals surface area contributed by atoms with Gasteiger partial charge in [-0.2, -0.15) is 0 Å². The fourth-order valence-electron chi connectivity index (χ4n) is 1.85. The lowest BCUT2D eigenvalue weighted by molar-refractivity contribution is -0.137. The number of benzene rings is 1. The van der Waals surface area contributed by atoms with E-state index in [9.17, 15) is 14.0 Å². The summed E-state index contributed by atoms with van der Waals surface area (Å²) in [5.41, 5.74) is 0.276. The quantitative estimate of drug-likeness (QED) is 0.753. The third-order valence-electron chi connectivity index (χ3n) is 3.07. The Balaban J connectivity index is 2.83. The Hall–Kier alpha value is -1.91. The molecular weight excluding hydrogens is 261 g/mol. The largest absolute Gasteiger partial charge is 0.478 e. The number of hydrogen-bond acceptors (Lipinski definition) is 3. The highest BCUT2D eigenvalue weighted by Crippen LogP contribution is 2.20. The van der Waals surface area contributed by atoms with Crippen LogP contribution in [0.1, 0.15) is 38.1 Å². The van der Waals surface area contributed by atoms with Crippen LogP contribution < -0.4 is 4.74 Å². The minimum atomic E-state index is -0.771. The number of amides is 1. The predicted molar refractivity (Wildman–Crippen MR) is 74.4 cm³/mol. The lowest BCUT2D eigenvalue weighted by Crippen LogP contribution is -2.40. The van der Waals surface area contributed by atoms with Gasteiger partial charge in [0.1, 0.15) is 0 Å². The molecule has 1 unspecified atom stereocenters. The first kappa shape index (κ1) is 16.1. The van der Waals surface area contributed by atoms with E-state index in [1.807, 2.05) is 13.8 Å². The van der Waals surface area contributed by atoms with E-state index in [4.69, 9.17) is 4.74 Å². The van der Waals surface area contributed by atoms with Crippen molar-refractivity contribution in [1.82, 2.24) is 4.90 Å². The van der Waals surface area contributed by atoms with Crippen molar-refractivity contribution in [3.8, 4) is 5.75 Å². The molecule has 4 nitrogen and oxygen atoms in total. The fourth-order valence-corrected chi connectivity index (χ4v) is 1.85. The van der Waals surface area contributed by atoms with Gasteiger partial charge in [0.15, 0.2) is 23.5 Å². The van der Waals surface area contributed by atoms with Gasteiger partial charge in [-0.25, -0.2) is 4.39 Å². The second kappa shape index (κ2) is 7.03. The van der Waals surface area contributed by atoms with Crippen LogP contribution in [0.4, 0.5) is 4.39 Å². The Morgan fingerprint density at radius 3 is 2.35 bits per heavy atom. The Labute approximate surface area is 118 Å². The van der Waals surface area contributed by atoms with E-state index in [0.717, 1.165) is 6.07 Å². The monoisotopic (exact) mass is 281 g/mol. The minimum absolute atomic E-state index is 0.0250. The molecule has 0 fully saturated rings. The van der Waals surface area contributed by atoms with Crippen molar-refractivity contribution in [2.75, 3.05) is 13.1 Å². The van der Waals surface area contributed by atoms with Gasteiger partial charge in [0.2, 0.25) is 0 Å². The van der Waals surface area contributed by atoms with E-state index < -0.39 is 11.9 Å². The summed E-state index contributed by atoms with van der Waals surface area (Å²) < 4.78 is 19.1. The van der Waals surface area contributed by atoms with Crippen LogP contribution in [-0.2, 0) is 4.79 Å². The SMILES string of the molecule is CCN(CC)C(=O)C(C)Oc1ccc(C(C)=O)cc1F. The molecule has 0 radical (unpaired) electrons. The molecule has 1 aromatic rings. The maximum Gasteiger partial charge on any atom is 0.263 e. The number of ether oxygens (including phenoxy) is 1. The molecule has 1 amide bonds. The van der Waals surface area contributed by atoms with Crippen LogP contribution in [0.15, 0.2) is 18.2 Å². The van der Waals surface area contributed by atoms with Gasteiger partial charge in [0, 0.05) is 18.7 Å². The highest BCUT2D eigenvalue weighted by Gasteiger charge is 2.21. The number of ketones is 1. The molecule has 0 spiro atoms. The van der Waals surface area contributed by atoms with E-state index in [1.165, 1.54) is 19.1 Å². The summed E-state index contributed by atoms with van der Waals surface area (Å²) in [4.78, 5) is 24.8. The van der Waals surface area contributed by atoms with Gasteiger partial charge >= 0.3 is 0 Å². The number of halogens is 1. The van der Waals surface area contributed by atoms with Crippen molar-refractivity contribution in [2.24, 2.45) is 0 Å². The van der Waals surface area contributed by atoms with E-state index in [0.29, 0.717) is 13.1 Å². The number of likely N-dealkylation sites (N-methyl/N-ethyl adjacent to an activating group) is 1. The van der Waals surface area contributed by atoms with Crippen molar-refractivity contribution in [2.45, 2.75) is 33.8 Å². The third-order valence-corrected chi connectivity index (χ3v) is 3.07. The molecule has 0 aliphatic heterocycles.